The van der Waals surface area contributed by atoms with Gasteiger partial charge in [0.25, 0.3) is 9.05 Å². The van der Waals surface area contributed by atoms with Crippen LogP contribution in [-0.4, -0.2) is 43.0 Å². The topological polar surface area (TPSA) is 129 Å². The molecular weight excluding hydrogens is 322 g/mol. The molecule has 0 saturated carbocycles. The summed E-state index contributed by atoms with van der Waals surface area (Å²) in [5, 5.41) is 14.0. The summed E-state index contributed by atoms with van der Waals surface area (Å²) in [7, 11) is -2.57. The lowest BCUT2D eigenvalue weighted by Crippen LogP contribution is -2.15. The normalized spacial score (nSPS) is 12.5. The average molecular weight is 332 g/mol. The largest absolute Gasteiger partial charge is 0.410 e. The molecule has 0 aliphatic carbocycles. The van der Waals surface area contributed by atoms with Crippen molar-refractivity contribution in [2.75, 3.05) is 11.5 Å². The summed E-state index contributed by atoms with van der Waals surface area (Å²) in [5.41, 5.74) is 0. The van der Waals surface area contributed by atoms with Crippen LogP contribution in [0.2, 0.25) is 0 Å². The van der Waals surface area contributed by atoms with Gasteiger partial charge in [0.1, 0.15) is 0 Å². The first kappa shape index (κ1) is 15.9. The van der Waals surface area contributed by atoms with E-state index in [1.54, 1.807) is 0 Å². The Kier molecular flexibility index (Phi) is 4.53. The minimum absolute atomic E-state index is 0.0863. The molecule has 19 heavy (non-hydrogen) atoms. The number of hydrogen-bond donors (Lipinski definition) is 0. The van der Waals surface area contributed by atoms with Crippen LogP contribution in [0, 0.1) is 10.1 Å². The van der Waals surface area contributed by atoms with Gasteiger partial charge in [-0.1, -0.05) is 6.92 Å². The van der Waals surface area contributed by atoms with Crippen molar-refractivity contribution in [3.05, 3.63) is 16.3 Å². The molecule has 0 fully saturated rings. The maximum absolute atomic E-state index is 11.3. The van der Waals surface area contributed by atoms with Gasteiger partial charge in [-0.05, 0) is 4.92 Å². The number of aromatic nitrogens is 2. The Morgan fingerprint density at radius 2 is 2.00 bits per heavy atom. The first-order chi connectivity index (χ1) is 8.57. The van der Waals surface area contributed by atoms with E-state index in [4.69, 9.17) is 10.7 Å². The van der Waals surface area contributed by atoms with E-state index >= 15 is 0 Å². The SMILES string of the molecule is CCS(=O)(=O)CCn1cc(S(=O)(=O)Cl)c([N+](=O)[O-])n1. The van der Waals surface area contributed by atoms with Crippen molar-refractivity contribution in [3.8, 4) is 0 Å². The van der Waals surface area contributed by atoms with E-state index in [1.165, 1.54) is 6.92 Å². The molecule has 0 radical (unpaired) electrons. The predicted octanol–water partition coefficient (Wildman–Crippen LogP) is 0.154. The number of halogens is 1. The van der Waals surface area contributed by atoms with E-state index in [0.29, 0.717) is 0 Å². The zero-order valence-electron chi connectivity index (χ0n) is 9.68. The highest BCUT2D eigenvalue weighted by atomic mass is 35.7. The highest BCUT2D eigenvalue weighted by Gasteiger charge is 2.30. The number of rotatable bonds is 6. The Hall–Kier alpha value is -1.20. The van der Waals surface area contributed by atoms with Crippen molar-refractivity contribution < 1.29 is 21.8 Å². The van der Waals surface area contributed by atoms with Crippen LogP contribution < -0.4 is 0 Å². The van der Waals surface area contributed by atoms with Gasteiger partial charge in [-0.25, -0.2) is 16.8 Å². The molecule has 0 amide bonds. The Morgan fingerprint density at radius 1 is 1.42 bits per heavy atom. The highest BCUT2D eigenvalue weighted by molar-refractivity contribution is 8.13. The predicted molar refractivity (Wildman–Crippen MR) is 66.2 cm³/mol. The van der Waals surface area contributed by atoms with Crippen LogP contribution in [-0.2, 0) is 25.4 Å². The molecule has 0 bridgehead atoms. The summed E-state index contributed by atoms with van der Waals surface area (Å²) in [4.78, 5) is 8.87. The van der Waals surface area contributed by atoms with Crippen LogP contribution in [0.5, 0.6) is 0 Å². The molecule has 9 nitrogen and oxygen atoms in total. The second-order valence-electron chi connectivity index (χ2n) is 3.51. The van der Waals surface area contributed by atoms with Gasteiger partial charge in [0.15, 0.2) is 9.84 Å². The summed E-state index contributed by atoms with van der Waals surface area (Å²) in [5.74, 6) is -1.31. The summed E-state index contributed by atoms with van der Waals surface area (Å²) < 4.78 is 45.7. The zero-order valence-corrected chi connectivity index (χ0v) is 12.1. The van der Waals surface area contributed by atoms with Crippen LogP contribution in [0.25, 0.3) is 0 Å². The Labute approximate surface area is 113 Å². The van der Waals surface area contributed by atoms with E-state index in [2.05, 4.69) is 5.10 Å². The average Bonchev–Trinajstić information content (AvgIpc) is 2.70. The fraction of sp³-hybridized carbons (Fsp3) is 0.571. The highest BCUT2D eigenvalue weighted by Crippen LogP contribution is 2.24. The molecule has 0 aliphatic rings. The van der Waals surface area contributed by atoms with Gasteiger partial charge in [-0.3, -0.25) is 0 Å². The fourth-order valence-electron chi connectivity index (χ4n) is 1.18. The van der Waals surface area contributed by atoms with Crippen molar-refractivity contribution in [3.63, 3.8) is 0 Å². The number of aryl methyl sites for hydroxylation is 1. The summed E-state index contributed by atoms with van der Waals surface area (Å²) in [6, 6.07) is 0. The quantitative estimate of drug-likeness (QED) is 0.412. The van der Waals surface area contributed by atoms with Gasteiger partial charge in [0.2, 0.25) is 4.90 Å². The third-order valence-electron chi connectivity index (χ3n) is 2.22. The molecule has 0 saturated heterocycles. The van der Waals surface area contributed by atoms with E-state index in [-0.39, 0.29) is 18.1 Å². The van der Waals surface area contributed by atoms with Gasteiger partial charge in [0.05, 0.1) is 23.6 Å². The van der Waals surface area contributed by atoms with Crippen LogP contribution in [0.4, 0.5) is 5.82 Å². The van der Waals surface area contributed by atoms with Crippen molar-refractivity contribution >= 4 is 35.4 Å². The zero-order chi connectivity index (χ0) is 14.8. The fourth-order valence-corrected chi connectivity index (χ4v) is 2.84. The second kappa shape index (κ2) is 5.43. The van der Waals surface area contributed by atoms with Gasteiger partial charge in [-0.15, -0.1) is 0 Å². The molecule has 0 aromatic carbocycles. The second-order valence-corrected chi connectivity index (χ2v) is 8.52. The number of nitrogens with zero attached hydrogens (tertiary/aromatic N) is 3. The number of nitro groups is 1. The molecule has 0 N–H and O–H groups in total. The minimum atomic E-state index is -4.32. The van der Waals surface area contributed by atoms with Gasteiger partial charge in [0, 0.05) is 16.4 Å². The van der Waals surface area contributed by atoms with Gasteiger partial charge in [-0.2, -0.15) is 4.68 Å². The standard InChI is InChI=1S/C7H10ClN3O6S2/c1-2-18(14,15)4-3-10-5-6(19(8,16)17)7(9-10)11(12)13/h5H,2-4H2,1H3. The van der Waals surface area contributed by atoms with E-state index in [9.17, 15) is 26.9 Å². The molecule has 0 spiro atoms. The van der Waals surface area contributed by atoms with Gasteiger partial charge >= 0.3 is 5.82 Å². The molecule has 1 aromatic rings. The molecule has 12 heteroatoms. The van der Waals surface area contributed by atoms with E-state index in [0.717, 1.165) is 10.9 Å². The molecule has 0 atom stereocenters. The Morgan fingerprint density at radius 3 is 2.37 bits per heavy atom. The molecule has 0 aliphatic heterocycles. The first-order valence-electron chi connectivity index (χ1n) is 4.94. The first-order valence-corrected chi connectivity index (χ1v) is 9.07. The smallest absolute Gasteiger partial charge is 0.358 e. The maximum Gasteiger partial charge on any atom is 0.410 e. The lowest BCUT2D eigenvalue weighted by molar-refractivity contribution is -0.392. The summed E-state index contributed by atoms with van der Waals surface area (Å²) in [6.45, 7) is 1.26. The molecule has 108 valence electrons. The van der Waals surface area contributed by atoms with Crippen molar-refractivity contribution in [2.24, 2.45) is 0 Å². The molecule has 1 rings (SSSR count). The van der Waals surface area contributed by atoms with Crippen LogP contribution in [0.15, 0.2) is 11.1 Å². The maximum atomic E-state index is 11.3. The number of sulfone groups is 1. The lowest BCUT2D eigenvalue weighted by Gasteiger charge is -1.97. The van der Waals surface area contributed by atoms with Gasteiger partial charge < -0.3 is 10.1 Å². The minimum Gasteiger partial charge on any atom is -0.358 e. The summed E-state index contributed by atoms with van der Waals surface area (Å²) in [6.07, 6.45) is 0.839. The van der Waals surface area contributed by atoms with Crippen molar-refractivity contribution in [2.45, 2.75) is 18.4 Å². The van der Waals surface area contributed by atoms with Crippen molar-refractivity contribution in [1.82, 2.24) is 9.78 Å². The van der Waals surface area contributed by atoms with Crippen molar-refractivity contribution in [1.29, 1.82) is 0 Å². The van der Waals surface area contributed by atoms with E-state index < -0.39 is 34.5 Å². The third kappa shape index (κ3) is 4.14. The summed E-state index contributed by atoms with van der Waals surface area (Å²) >= 11 is 0. The Balaban J connectivity index is 3.10. The molecule has 1 heterocycles. The van der Waals surface area contributed by atoms with Crippen LogP contribution in [0.3, 0.4) is 0 Å². The third-order valence-corrected chi connectivity index (χ3v) is 5.21. The molecule has 1 aromatic heterocycles. The Bertz CT molecular complexity index is 692. The van der Waals surface area contributed by atoms with E-state index in [1.807, 2.05) is 0 Å². The lowest BCUT2D eigenvalue weighted by atomic mass is 10.6. The number of hydrogen-bond acceptors (Lipinski definition) is 7. The van der Waals surface area contributed by atoms with Crippen LogP contribution in [0.1, 0.15) is 6.92 Å². The molecular formula is C7H10ClN3O6S2. The monoisotopic (exact) mass is 331 g/mol. The molecule has 0 unspecified atom stereocenters. The van der Waals surface area contributed by atoms with Crippen LogP contribution >= 0.6 is 10.7 Å².